The minimum absolute atomic E-state index is 0.102. The molecular formula is C16H21NO6. The van der Waals surface area contributed by atoms with Gasteiger partial charge in [-0.1, -0.05) is 0 Å². The molecule has 1 aliphatic rings. The molecule has 1 aliphatic heterocycles. The van der Waals surface area contributed by atoms with E-state index < -0.39 is 12.1 Å². The average molecular weight is 323 g/mol. The van der Waals surface area contributed by atoms with Crippen LogP contribution in [0.4, 0.5) is 0 Å². The smallest absolute Gasteiger partial charge is 0.338 e. The average Bonchev–Trinajstić information content (AvgIpc) is 2.59. The summed E-state index contributed by atoms with van der Waals surface area (Å²) in [7, 11) is 2.71. The Morgan fingerprint density at radius 3 is 2.52 bits per heavy atom. The van der Waals surface area contributed by atoms with Gasteiger partial charge in [0.15, 0.2) is 0 Å². The number of benzene rings is 1. The normalized spacial score (nSPS) is 21.0. The van der Waals surface area contributed by atoms with Crippen LogP contribution in [0.3, 0.4) is 0 Å². The van der Waals surface area contributed by atoms with Gasteiger partial charge in [0.25, 0.3) is 5.91 Å². The van der Waals surface area contributed by atoms with Gasteiger partial charge in [-0.2, -0.15) is 0 Å². The molecule has 2 N–H and O–H groups in total. The molecule has 1 aromatic carbocycles. The van der Waals surface area contributed by atoms with E-state index in [0.29, 0.717) is 24.3 Å². The van der Waals surface area contributed by atoms with E-state index in [1.54, 1.807) is 6.07 Å². The molecule has 1 heterocycles. The van der Waals surface area contributed by atoms with Crippen LogP contribution >= 0.6 is 0 Å². The molecule has 0 aliphatic carbocycles. The van der Waals surface area contributed by atoms with Crippen LogP contribution < -0.4 is 4.74 Å². The van der Waals surface area contributed by atoms with Gasteiger partial charge in [-0.25, -0.2) is 4.79 Å². The molecule has 0 unspecified atom stereocenters. The highest BCUT2D eigenvalue weighted by molar-refractivity contribution is 5.98. The minimum Gasteiger partial charge on any atom is -0.497 e. The lowest BCUT2D eigenvalue weighted by atomic mass is 9.94. The fourth-order valence-electron chi connectivity index (χ4n) is 2.64. The van der Waals surface area contributed by atoms with E-state index >= 15 is 0 Å². The van der Waals surface area contributed by atoms with Crippen molar-refractivity contribution in [3.05, 3.63) is 29.3 Å². The lowest BCUT2D eigenvalue weighted by molar-refractivity contribution is 0.000861. The predicted octanol–water partition coefficient (Wildman–Crippen LogP) is 0.297. The third-order valence-corrected chi connectivity index (χ3v) is 4.05. The van der Waals surface area contributed by atoms with E-state index in [0.717, 1.165) is 0 Å². The highest BCUT2D eigenvalue weighted by atomic mass is 16.5. The monoisotopic (exact) mass is 323 g/mol. The van der Waals surface area contributed by atoms with Crippen LogP contribution in [0.5, 0.6) is 5.75 Å². The van der Waals surface area contributed by atoms with Gasteiger partial charge in [0, 0.05) is 31.2 Å². The highest BCUT2D eigenvalue weighted by Gasteiger charge is 2.30. The van der Waals surface area contributed by atoms with Crippen LogP contribution in [0, 0.1) is 5.92 Å². The SMILES string of the molecule is COC(=O)c1cc(OC)cc(C(=O)N2CC[C@H](CO)[C@@H](O)C2)c1. The fraction of sp³-hybridized carbons (Fsp3) is 0.500. The lowest BCUT2D eigenvalue weighted by Gasteiger charge is -2.35. The number of ether oxygens (including phenoxy) is 2. The summed E-state index contributed by atoms with van der Waals surface area (Å²) >= 11 is 0. The van der Waals surface area contributed by atoms with Crippen molar-refractivity contribution in [1.82, 2.24) is 4.90 Å². The third-order valence-electron chi connectivity index (χ3n) is 4.05. The van der Waals surface area contributed by atoms with Gasteiger partial charge in [0.2, 0.25) is 0 Å². The first-order valence-corrected chi connectivity index (χ1v) is 7.35. The number of likely N-dealkylation sites (tertiary alicyclic amines) is 1. The Bertz CT molecular complexity index is 588. The zero-order chi connectivity index (χ0) is 17.0. The van der Waals surface area contributed by atoms with E-state index in [4.69, 9.17) is 9.84 Å². The van der Waals surface area contributed by atoms with Gasteiger partial charge in [0.1, 0.15) is 5.75 Å². The van der Waals surface area contributed by atoms with Crippen LogP contribution in [0.25, 0.3) is 0 Å². The second-order valence-electron chi connectivity index (χ2n) is 5.49. The van der Waals surface area contributed by atoms with Crippen molar-refractivity contribution in [2.24, 2.45) is 5.92 Å². The van der Waals surface area contributed by atoms with E-state index in [1.807, 2.05) is 0 Å². The number of hydrogen-bond acceptors (Lipinski definition) is 6. The number of esters is 1. The molecular weight excluding hydrogens is 302 g/mol. The van der Waals surface area contributed by atoms with E-state index in [2.05, 4.69) is 4.74 Å². The molecule has 1 amide bonds. The summed E-state index contributed by atoms with van der Waals surface area (Å²) in [6.07, 6.45) is -0.236. The molecule has 1 saturated heterocycles. The van der Waals surface area contributed by atoms with Crippen LogP contribution in [-0.4, -0.2) is 67.0 Å². The topological polar surface area (TPSA) is 96.3 Å². The largest absolute Gasteiger partial charge is 0.497 e. The van der Waals surface area contributed by atoms with Crippen LogP contribution in [0.2, 0.25) is 0 Å². The summed E-state index contributed by atoms with van der Waals surface area (Å²) in [6, 6.07) is 4.48. The van der Waals surface area contributed by atoms with Crippen molar-refractivity contribution < 1.29 is 29.3 Å². The van der Waals surface area contributed by atoms with Gasteiger partial charge < -0.3 is 24.6 Å². The molecule has 23 heavy (non-hydrogen) atoms. The van der Waals surface area contributed by atoms with Gasteiger partial charge in [-0.15, -0.1) is 0 Å². The first-order chi connectivity index (χ1) is 11.0. The number of rotatable bonds is 4. The Balaban J connectivity index is 2.23. The molecule has 0 spiro atoms. The number of β-amino-alcohol motifs (C(OH)–C–C–N with tert-alkyl or cyclic N) is 1. The van der Waals surface area contributed by atoms with Crippen molar-refractivity contribution in [3.8, 4) is 5.75 Å². The van der Waals surface area contributed by atoms with Crippen LogP contribution in [-0.2, 0) is 4.74 Å². The summed E-state index contributed by atoms with van der Waals surface area (Å²) in [4.78, 5) is 25.8. The van der Waals surface area contributed by atoms with Gasteiger partial charge >= 0.3 is 5.97 Å². The van der Waals surface area contributed by atoms with Crippen LogP contribution in [0.1, 0.15) is 27.1 Å². The van der Waals surface area contributed by atoms with Crippen molar-refractivity contribution in [3.63, 3.8) is 0 Å². The second kappa shape index (κ2) is 7.43. The molecule has 1 fully saturated rings. The molecule has 2 atom stereocenters. The zero-order valence-electron chi connectivity index (χ0n) is 13.2. The second-order valence-corrected chi connectivity index (χ2v) is 5.49. The summed E-state index contributed by atoms with van der Waals surface area (Å²) in [5, 5.41) is 19.1. The summed E-state index contributed by atoms with van der Waals surface area (Å²) < 4.78 is 9.80. The maximum absolute atomic E-state index is 12.6. The number of amides is 1. The minimum atomic E-state index is -0.761. The summed E-state index contributed by atoms with van der Waals surface area (Å²) in [6.45, 7) is 0.482. The maximum Gasteiger partial charge on any atom is 0.338 e. The molecule has 2 rings (SSSR count). The zero-order valence-corrected chi connectivity index (χ0v) is 13.2. The van der Waals surface area contributed by atoms with Gasteiger partial charge in [-0.3, -0.25) is 4.79 Å². The molecule has 0 aromatic heterocycles. The van der Waals surface area contributed by atoms with Gasteiger partial charge in [0.05, 0.1) is 25.9 Å². The highest BCUT2D eigenvalue weighted by Crippen LogP contribution is 2.22. The Morgan fingerprint density at radius 1 is 1.26 bits per heavy atom. The van der Waals surface area contributed by atoms with Gasteiger partial charge in [-0.05, 0) is 24.6 Å². The molecule has 0 radical (unpaired) electrons. The molecule has 7 nitrogen and oxygen atoms in total. The van der Waals surface area contributed by atoms with Crippen molar-refractivity contribution in [2.45, 2.75) is 12.5 Å². The summed E-state index contributed by atoms with van der Waals surface area (Å²) in [5.74, 6) is -0.696. The standard InChI is InChI=1S/C16H21NO6/c1-22-13-6-11(5-12(7-13)16(21)23-2)15(20)17-4-3-10(9-18)14(19)8-17/h5-7,10,14,18-19H,3-4,8-9H2,1-2H3/t10-,14+/m1/s1. The van der Waals surface area contributed by atoms with Crippen molar-refractivity contribution >= 4 is 11.9 Å². The molecule has 0 bridgehead atoms. The number of nitrogens with zero attached hydrogens (tertiary/aromatic N) is 1. The molecule has 0 saturated carbocycles. The van der Waals surface area contributed by atoms with Crippen LogP contribution in [0.15, 0.2) is 18.2 Å². The quantitative estimate of drug-likeness (QED) is 0.774. The Hall–Kier alpha value is -2.12. The number of aliphatic hydroxyl groups excluding tert-OH is 2. The summed E-state index contributed by atoms with van der Waals surface area (Å²) in [5.41, 5.74) is 0.514. The number of hydrogen-bond donors (Lipinski definition) is 2. The molecule has 1 aromatic rings. The number of carbonyl (C=O) groups is 2. The molecule has 126 valence electrons. The fourth-order valence-corrected chi connectivity index (χ4v) is 2.64. The Morgan fingerprint density at radius 2 is 1.96 bits per heavy atom. The number of methoxy groups -OCH3 is 2. The third kappa shape index (κ3) is 3.80. The van der Waals surface area contributed by atoms with E-state index in [1.165, 1.54) is 31.3 Å². The predicted molar refractivity (Wildman–Crippen MR) is 81.4 cm³/mol. The number of carbonyl (C=O) groups excluding carboxylic acids is 2. The first kappa shape index (κ1) is 17.2. The molecule has 7 heteroatoms. The van der Waals surface area contributed by atoms with Crippen molar-refractivity contribution in [1.29, 1.82) is 0 Å². The lowest BCUT2D eigenvalue weighted by Crippen LogP contribution is -2.47. The number of piperidine rings is 1. The number of aliphatic hydroxyl groups is 2. The van der Waals surface area contributed by atoms with Crippen molar-refractivity contribution in [2.75, 3.05) is 33.9 Å². The first-order valence-electron chi connectivity index (χ1n) is 7.35. The van der Waals surface area contributed by atoms with E-state index in [-0.39, 0.29) is 30.5 Å². The Kier molecular flexibility index (Phi) is 5.57. The maximum atomic E-state index is 12.6. The Labute approximate surface area is 134 Å². The van der Waals surface area contributed by atoms with E-state index in [9.17, 15) is 14.7 Å².